The molecule has 0 aliphatic heterocycles. The van der Waals surface area contributed by atoms with Gasteiger partial charge in [-0.15, -0.1) is 0 Å². The van der Waals surface area contributed by atoms with Crippen LogP contribution in [0.3, 0.4) is 0 Å². The Bertz CT molecular complexity index is 373. The quantitative estimate of drug-likeness (QED) is 0.243. The van der Waals surface area contributed by atoms with E-state index in [1.165, 1.54) is 83.5 Å². The average Bonchev–Trinajstić information content (AvgIpc) is 2.63. The molecule has 0 radical (unpaired) electrons. The average molecular weight is 441 g/mol. The molecule has 6 nitrogen and oxygen atoms in total. The van der Waals surface area contributed by atoms with Crippen molar-refractivity contribution < 1.29 is 29.7 Å². The van der Waals surface area contributed by atoms with Crippen molar-refractivity contribution in [2.75, 3.05) is 0 Å². The van der Waals surface area contributed by atoms with Crippen LogP contribution in [0.15, 0.2) is 0 Å². The van der Waals surface area contributed by atoms with Crippen LogP contribution in [-0.4, -0.2) is 60.8 Å². The molecule has 0 unspecified atom stereocenters. The second-order valence-corrected chi connectivity index (χ2v) is 7.34. The molecule has 1 N–H and O–H groups in total. The molecule has 0 spiro atoms. The smallest absolute Gasteiger partial charge is 0.550 e. The van der Waals surface area contributed by atoms with Crippen molar-refractivity contribution in [2.45, 2.75) is 122 Å². The van der Waals surface area contributed by atoms with E-state index in [9.17, 15) is 24.6 Å². The van der Waals surface area contributed by atoms with Gasteiger partial charge in [-0.2, -0.15) is 0 Å². The second-order valence-electron chi connectivity index (χ2n) is 7.34. The van der Waals surface area contributed by atoms with Gasteiger partial charge in [-0.1, -0.05) is 96.8 Å². The predicted octanol–water partition coefficient (Wildman–Crippen LogP) is 3.22. The molecule has 0 aromatic rings. The van der Waals surface area contributed by atoms with Crippen LogP contribution in [0.5, 0.6) is 0 Å². The molecule has 0 bridgehead atoms. The third-order valence-electron chi connectivity index (χ3n) is 4.53. The molecule has 0 saturated carbocycles. The first kappa shape index (κ1) is 33.3. The number of carboxylic acid groups (broad SMARTS) is 3. The van der Waals surface area contributed by atoms with Crippen LogP contribution >= 0.6 is 0 Å². The van der Waals surface area contributed by atoms with E-state index in [0.29, 0.717) is 0 Å². The minimum absolute atomic E-state index is 0. The van der Waals surface area contributed by atoms with E-state index in [-0.39, 0.29) is 50.6 Å². The number of carboxylic acids is 3. The first-order valence-corrected chi connectivity index (χ1v) is 11.0. The van der Waals surface area contributed by atoms with Crippen LogP contribution < -0.4 is 10.2 Å². The fraction of sp³-hybridized carbons (Fsp3) is 0.864. The number of carbonyl (C=O) groups is 3. The summed E-state index contributed by atoms with van der Waals surface area (Å²) < 4.78 is 0. The molecule has 0 saturated heterocycles. The standard InChI is InChI=1S/C18H36O2.C4H6O4.Ca/c1-2-3-4-5-6-7-8-9-10-11-12-13-14-15-16-17-18(19)20;5-3(6)1-2-4(7)8;/h2-17H2,1H3,(H,19,20);1-2H2,(H,5,6)(H,7,8);/q;;+2/p-2. The van der Waals surface area contributed by atoms with Crippen molar-refractivity contribution in [3.63, 3.8) is 0 Å². The second kappa shape index (κ2) is 27.7. The van der Waals surface area contributed by atoms with Crippen molar-refractivity contribution in [2.24, 2.45) is 0 Å². The summed E-state index contributed by atoms with van der Waals surface area (Å²) in [6.07, 6.45) is 19.1. The van der Waals surface area contributed by atoms with Gasteiger partial charge in [0.25, 0.3) is 0 Å². The Kier molecular flexibility index (Phi) is 31.8. The number of hydrogen-bond acceptors (Lipinski definition) is 5. The molecule has 0 fully saturated rings. The van der Waals surface area contributed by atoms with Crippen LogP contribution in [0.1, 0.15) is 122 Å². The normalized spacial score (nSPS) is 9.83. The van der Waals surface area contributed by atoms with Gasteiger partial charge < -0.3 is 24.9 Å². The Morgan fingerprint density at radius 2 is 0.862 bits per heavy atom. The van der Waals surface area contributed by atoms with Crippen molar-refractivity contribution in [3.8, 4) is 0 Å². The van der Waals surface area contributed by atoms with E-state index in [1.54, 1.807) is 0 Å². The van der Waals surface area contributed by atoms with Crippen LogP contribution in [0.2, 0.25) is 0 Å². The minimum atomic E-state index is -1.33. The zero-order chi connectivity index (χ0) is 21.5. The summed E-state index contributed by atoms with van der Waals surface area (Å²) in [4.78, 5) is 29.4. The molecular weight excluding hydrogens is 400 g/mol. The molecule has 0 atom stereocenters. The fourth-order valence-corrected chi connectivity index (χ4v) is 2.85. The Labute approximate surface area is 206 Å². The zero-order valence-electron chi connectivity index (χ0n) is 18.4. The maximum absolute atomic E-state index is 10.2. The topological polar surface area (TPSA) is 118 Å². The third-order valence-corrected chi connectivity index (χ3v) is 4.53. The maximum Gasteiger partial charge on any atom is 2.00 e. The first-order chi connectivity index (χ1) is 13.4. The molecule has 0 aromatic carbocycles. The summed E-state index contributed by atoms with van der Waals surface area (Å²) in [5.41, 5.74) is 0. The predicted molar refractivity (Wildman–Crippen MR) is 112 cm³/mol. The van der Waals surface area contributed by atoms with Crippen LogP contribution in [0.25, 0.3) is 0 Å². The molecule has 29 heavy (non-hydrogen) atoms. The molecule has 0 aromatic heterocycles. The Balaban J connectivity index is -0.000000636. The van der Waals surface area contributed by atoms with Gasteiger partial charge in [0.2, 0.25) is 0 Å². The molecule has 0 heterocycles. The van der Waals surface area contributed by atoms with E-state index in [2.05, 4.69) is 6.92 Å². The summed E-state index contributed by atoms with van der Waals surface area (Å²) in [6.45, 7) is 2.27. The van der Waals surface area contributed by atoms with Gasteiger partial charge >= 0.3 is 43.7 Å². The SMILES string of the molecule is CCCCCCCCCCCCCCCCCC(=O)[O-].O=C([O-])CCC(=O)O.[Ca+2]. The van der Waals surface area contributed by atoms with Gasteiger partial charge in [-0.05, 0) is 19.3 Å². The zero-order valence-corrected chi connectivity index (χ0v) is 20.6. The first-order valence-electron chi connectivity index (χ1n) is 11.0. The summed E-state index contributed by atoms with van der Waals surface area (Å²) >= 11 is 0. The van der Waals surface area contributed by atoms with Gasteiger partial charge in [0, 0.05) is 11.9 Å². The van der Waals surface area contributed by atoms with Crippen molar-refractivity contribution in [1.29, 1.82) is 0 Å². The number of carbonyl (C=O) groups excluding carboxylic acids is 2. The summed E-state index contributed by atoms with van der Waals surface area (Å²) in [7, 11) is 0. The van der Waals surface area contributed by atoms with Crippen LogP contribution in [0.4, 0.5) is 0 Å². The molecule has 0 aliphatic carbocycles. The van der Waals surface area contributed by atoms with Gasteiger partial charge in [0.05, 0.1) is 6.42 Å². The number of aliphatic carboxylic acids is 3. The maximum atomic E-state index is 10.2. The summed E-state index contributed by atoms with van der Waals surface area (Å²) in [5.74, 6) is -3.35. The largest absolute Gasteiger partial charge is 2.00 e. The molecule has 0 amide bonds. The third kappa shape index (κ3) is 38.8. The number of unbranched alkanes of at least 4 members (excludes halogenated alkanes) is 14. The van der Waals surface area contributed by atoms with E-state index >= 15 is 0 Å². The molecule has 7 heteroatoms. The molecular formula is C22H40CaO6. The summed E-state index contributed by atoms with van der Waals surface area (Å²) in [6, 6.07) is 0. The van der Waals surface area contributed by atoms with Crippen molar-refractivity contribution in [1.82, 2.24) is 0 Å². The molecule has 166 valence electrons. The molecule has 0 rings (SSSR count). The van der Waals surface area contributed by atoms with Crippen LogP contribution in [-0.2, 0) is 14.4 Å². The molecule has 0 aliphatic rings. The number of hydrogen-bond donors (Lipinski definition) is 1. The van der Waals surface area contributed by atoms with Gasteiger partial charge in [0.1, 0.15) is 0 Å². The van der Waals surface area contributed by atoms with Gasteiger partial charge in [0.15, 0.2) is 0 Å². The van der Waals surface area contributed by atoms with E-state index in [1.807, 2.05) is 0 Å². The van der Waals surface area contributed by atoms with Crippen molar-refractivity contribution in [3.05, 3.63) is 0 Å². The Hall–Kier alpha value is -0.330. The van der Waals surface area contributed by atoms with Crippen molar-refractivity contribution >= 4 is 55.6 Å². The van der Waals surface area contributed by atoms with Crippen LogP contribution in [0, 0.1) is 0 Å². The monoisotopic (exact) mass is 440 g/mol. The summed E-state index contributed by atoms with van der Waals surface area (Å²) in [5, 5.41) is 27.6. The Morgan fingerprint density at radius 1 is 0.552 bits per heavy atom. The van der Waals surface area contributed by atoms with E-state index in [0.717, 1.165) is 12.8 Å². The minimum Gasteiger partial charge on any atom is -0.550 e. The fourth-order valence-electron chi connectivity index (χ4n) is 2.85. The Morgan fingerprint density at radius 3 is 1.10 bits per heavy atom. The van der Waals surface area contributed by atoms with Gasteiger partial charge in [-0.3, -0.25) is 4.79 Å². The van der Waals surface area contributed by atoms with Gasteiger partial charge in [-0.25, -0.2) is 0 Å². The van der Waals surface area contributed by atoms with E-state index < -0.39 is 24.3 Å². The van der Waals surface area contributed by atoms with E-state index in [4.69, 9.17) is 5.11 Å². The number of rotatable bonds is 19.